The molecule has 2 aromatic heterocycles. The second kappa shape index (κ2) is 13.4. The fourth-order valence-corrected chi connectivity index (χ4v) is 9.29. The van der Waals surface area contributed by atoms with E-state index < -0.39 is 0 Å². The van der Waals surface area contributed by atoms with E-state index in [0.29, 0.717) is 0 Å². The molecule has 0 amide bonds. The summed E-state index contributed by atoms with van der Waals surface area (Å²) < 4.78 is 2.40. The van der Waals surface area contributed by atoms with Crippen LogP contribution in [0.1, 0.15) is 25.0 Å². The summed E-state index contributed by atoms with van der Waals surface area (Å²) in [5.74, 6) is 0. The lowest BCUT2D eigenvalue weighted by molar-refractivity contribution is 0.660. The van der Waals surface area contributed by atoms with Crippen molar-refractivity contribution in [2.75, 3.05) is 0 Å². The van der Waals surface area contributed by atoms with Crippen LogP contribution in [0.5, 0.6) is 0 Å². The molecule has 0 saturated carbocycles. The molecule has 0 spiro atoms. The average molecular weight is 741 g/mol. The van der Waals surface area contributed by atoms with Crippen molar-refractivity contribution in [3.05, 3.63) is 217 Å². The number of nitrogens with zero attached hydrogens (tertiary/aromatic N) is 2. The number of hydrogen-bond donors (Lipinski definition) is 0. The van der Waals surface area contributed by atoms with E-state index >= 15 is 0 Å². The molecule has 8 aromatic carbocycles. The second-order valence-corrected chi connectivity index (χ2v) is 16.0. The Balaban J connectivity index is 0.992. The van der Waals surface area contributed by atoms with Gasteiger partial charge in [0.1, 0.15) is 0 Å². The molecule has 1 aliphatic rings. The molecule has 0 N–H and O–H groups in total. The summed E-state index contributed by atoms with van der Waals surface area (Å²) in [5.41, 5.74) is 20.3. The van der Waals surface area contributed by atoms with Gasteiger partial charge in [-0.05, 0) is 104 Å². The molecule has 2 heterocycles. The minimum atomic E-state index is -0.0513. The zero-order chi connectivity index (χ0) is 38.8. The van der Waals surface area contributed by atoms with Crippen molar-refractivity contribution in [3.8, 4) is 72.7 Å². The van der Waals surface area contributed by atoms with E-state index in [9.17, 15) is 0 Å². The Kier molecular flexibility index (Phi) is 7.87. The molecule has 10 aromatic rings. The minimum absolute atomic E-state index is 0.0513. The molecule has 2 heteroatoms. The Morgan fingerprint density at radius 1 is 0.345 bits per heavy atom. The molecule has 0 bridgehead atoms. The van der Waals surface area contributed by atoms with Crippen LogP contribution in [-0.2, 0) is 5.41 Å². The van der Waals surface area contributed by atoms with Gasteiger partial charge in [0.05, 0.1) is 22.4 Å². The van der Waals surface area contributed by atoms with Crippen molar-refractivity contribution in [2.24, 2.45) is 0 Å². The molecule has 0 radical (unpaired) electrons. The largest absolute Gasteiger partial charge is 0.309 e. The topological polar surface area (TPSA) is 17.8 Å². The molecule has 0 unspecified atom stereocenters. The summed E-state index contributed by atoms with van der Waals surface area (Å²) in [6, 6.07) is 74.9. The first-order chi connectivity index (χ1) is 28.5. The van der Waals surface area contributed by atoms with Crippen molar-refractivity contribution in [1.29, 1.82) is 0 Å². The lowest BCUT2D eigenvalue weighted by Crippen LogP contribution is -2.14. The van der Waals surface area contributed by atoms with Gasteiger partial charge in [0.2, 0.25) is 0 Å². The number of aromatic nitrogens is 2. The van der Waals surface area contributed by atoms with Gasteiger partial charge in [-0.25, -0.2) is 4.98 Å². The van der Waals surface area contributed by atoms with Gasteiger partial charge in [0, 0.05) is 33.0 Å². The summed E-state index contributed by atoms with van der Waals surface area (Å²) in [5, 5.41) is 2.48. The Labute approximate surface area is 339 Å². The molecule has 274 valence electrons. The van der Waals surface area contributed by atoms with Crippen LogP contribution >= 0.6 is 0 Å². The van der Waals surface area contributed by atoms with E-state index in [2.05, 4.69) is 213 Å². The van der Waals surface area contributed by atoms with Gasteiger partial charge in [-0.15, -0.1) is 0 Å². The molecule has 0 aliphatic heterocycles. The molecule has 11 rings (SSSR count). The Bertz CT molecular complexity index is 3110. The van der Waals surface area contributed by atoms with Crippen LogP contribution in [0, 0.1) is 0 Å². The maximum absolute atomic E-state index is 5.10. The number of benzene rings is 8. The Morgan fingerprint density at radius 2 is 0.862 bits per heavy atom. The summed E-state index contributed by atoms with van der Waals surface area (Å²) in [7, 11) is 0. The standard InChI is InChI=1S/C56H40N2/c1-56(2)50-23-13-11-21-46(50)47-31-27-41(34-51(47)56)45-20-10-9-19-44(45)40-28-32-55-49(33-40)48-22-12-14-24-54(48)58(55)43-29-25-37(26-30-43)42-35-52(38-15-5-3-6-16-38)57-53(36-42)39-17-7-4-8-18-39/h3-36H,1-2H3. The molecular formula is C56H40N2. The Morgan fingerprint density at radius 3 is 1.55 bits per heavy atom. The predicted molar refractivity (Wildman–Crippen MR) is 243 cm³/mol. The number of hydrogen-bond acceptors (Lipinski definition) is 1. The highest BCUT2D eigenvalue weighted by Gasteiger charge is 2.35. The molecule has 0 saturated heterocycles. The zero-order valence-electron chi connectivity index (χ0n) is 32.5. The zero-order valence-corrected chi connectivity index (χ0v) is 32.5. The van der Waals surface area contributed by atoms with Crippen LogP contribution in [0.15, 0.2) is 206 Å². The van der Waals surface area contributed by atoms with Crippen molar-refractivity contribution in [3.63, 3.8) is 0 Å². The highest BCUT2D eigenvalue weighted by Crippen LogP contribution is 2.50. The maximum Gasteiger partial charge on any atom is 0.0715 e. The molecule has 0 fully saturated rings. The van der Waals surface area contributed by atoms with E-state index in [0.717, 1.165) is 39.3 Å². The maximum atomic E-state index is 5.10. The third-order valence-electron chi connectivity index (χ3n) is 12.2. The number of fused-ring (bicyclic) bond motifs is 6. The van der Waals surface area contributed by atoms with Crippen molar-refractivity contribution in [1.82, 2.24) is 9.55 Å². The van der Waals surface area contributed by atoms with Crippen LogP contribution in [0.25, 0.3) is 94.5 Å². The van der Waals surface area contributed by atoms with Crippen molar-refractivity contribution in [2.45, 2.75) is 19.3 Å². The van der Waals surface area contributed by atoms with Crippen LogP contribution in [0.3, 0.4) is 0 Å². The smallest absolute Gasteiger partial charge is 0.0715 e. The fourth-order valence-electron chi connectivity index (χ4n) is 9.29. The first-order valence-corrected chi connectivity index (χ1v) is 20.1. The highest BCUT2D eigenvalue weighted by atomic mass is 15.0. The normalized spacial score (nSPS) is 12.8. The molecule has 58 heavy (non-hydrogen) atoms. The first kappa shape index (κ1) is 34.0. The predicted octanol–water partition coefficient (Wildman–Crippen LogP) is 14.8. The number of rotatable bonds is 6. The van der Waals surface area contributed by atoms with Gasteiger partial charge in [-0.2, -0.15) is 0 Å². The second-order valence-electron chi connectivity index (χ2n) is 16.0. The van der Waals surface area contributed by atoms with Crippen LogP contribution < -0.4 is 0 Å². The van der Waals surface area contributed by atoms with E-state index in [4.69, 9.17) is 4.98 Å². The van der Waals surface area contributed by atoms with Gasteiger partial charge in [0.15, 0.2) is 0 Å². The van der Waals surface area contributed by atoms with Crippen LogP contribution in [-0.4, -0.2) is 9.55 Å². The molecule has 1 aliphatic carbocycles. The van der Waals surface area contributed by atoms with Crippen LogP contribution in [0.2, 0.25) is 0 Å². The Hall–Kier alpha value is -7.29. The SMILES string of the molecule is CC1(C)c2ccccc2-c2ccc(-c3ccccc3-c3ccc4c(c3)c3ccccc3n4-c3ccc(-c4cc(-c5ccccc5)nc(-c5ccccc5)c4)cc3)cc21. The molecular weight excluding hydrogens is 701 g/mol. The average Bonchev–Trinajstić information content (AvgIpc) is 3.74. The third-order valence-corrected chi connectivity index (χ3v) is 12.2. The summed E-state index contributed by atoms with van der Waals surface area (Å²) in [6.07, 6.45) is 0. The van der Waals surface area contributed by atoms with Gasteiger partial charge >= 0.3 is 0 Å². The molecule has 0 atom stereocenters. The van der Waals surface area contributed by atoms with Crippen molar-refractivity contribution < 1.29 is 0 Å². The minimum Gasteiger partial charge on any atom is -0.309 e. The van der Waals surface area contributed by atoms with Gasteiger partial charge < -0.3 is 4.57 Å². The van der Waals surface area contributed by atoms with E-state index in [1.807, 2.05) is 12.1 Å². The van der Waals surface area contributed by atoms with Gasteiger partial charge in [0.25, 0.3) is 0 Å². The third kappa shape index (κ3) is 5.52. The quantitative estimate of drug-likeness (QED) is 0.166. The lowest BCUT2D eigenvalue weighted by Gasteiger charge is -2.22. The number of pyridine rings is 1. The molecule has 2 nitrogen and oxygen atoms in total. The summed E-state index contributed by atoms with van der Waals surface area (Å²) >= 11 is 0. The first-order valence-electron chi connectivity index (χ1n) is 20.1. The monoisotopic (exact) mass is 740 g/mol. The van der Waals surface area contributed by atoms with Crippen LogP contribution in [0.4, 0.5) is 0 Å². The summed E-state index contributed by atoms with van der Waals surface area (Å²) in [6.45, 7) is 4.71. The van der Waals surface area contributed by atoms with E-state index in [1.165, 1.54) is 66.3 Å². The summed E-state index contributed by atoms with van der Waals surface area (Å²) in [4.78, 5) is 5.10. The van der Waals surface area contributed by atoms with Gasteiger partial charge in [-0.1, -0.05) is 172 Å². The van der Waals surface area contributed by atoms with Crippen molar-refractivity contribution >= 4 is 21.8 Å². The lowest BCUT2D eigenvalue weighted by atomic mass is 9.81. The van der Waals surface area contributed by atoms with Gasteiger partial charge in [-0.3, -0.25) is 0 Å². The fraction of sp³-hybridized carbons (Fsp3) is 0.0536. The number of para-hydroxylation sites is 1. The van der Waals surface area contributed by atoms with E-state index in [-0.39, 0.29) is 5.41 Å². The highest BCUT2D eigenvalue weighted by molar-refractivity contribution is 6.11. The van der Waals surface area contributed by atoms with E-state index in [1.54, 1.807) is 0 Å².